The minimum Gasteiger partial charge on any atom is -0.497 e. The number of cyclic esters (lactones) is 1. The number of imide groups is 1. The van der Waals surface area contributed by atoms with Crippen LogP contribution in [0.5, 0.6) is 5.75 Å². The molecular weight excluding hydrogens is 699 g/mol. The van der Waals surface area contributed by atoms with Crippen LogP contribution in [-0.4, -0.2) is 72.1 Å². The highest BCUT2D eigenvalue weighted by Crippen LogP contribution is 2.42. The van der Waals surface area contributed by atoms with Gasteiger partial charge < -0.3 is 23.1 Å². The molecule has 1 aliphatic heterocycles. The maximum absolute atomic E-state index is 14.6. The minimum absolute atomic E-state index is 0.100. The number of amides is 2. The molecule has 1 saturated heterocycles. The summed E-state index contributed by atoms with van der Waals surface area (Å²) in [5, 5.41) is 0.0343. The topological polar surface area (TPSA) is 83.5 Å². The molecular formula is C43H71NO7Si2. The molecule has 53 heavy (non-hydrogen) atoms. The van der Waals surface area contributed by atoms with E-state index in [4.69, 9.17) is 23.1 Å². The van der Waals surface area contributed by atoms with E-state index < -0.39 is 34.7 Å². The van der Waals surface area contributed by atoms with Gasteiger partial charge >= 0.3 is 6.09 Å². The van der Waals surface area contributed by atoms with E-state index in [1.165, 1.54) is 4.90 Å². The predicted molar refractivity (Wildman–Crippen MR) is 220 cm³/mol. The number of methoxy groups -OCH3 is 1. The monoisotopic (exact) mass is 769 g/mol. The van der Waals surface area contributed by atoms with Gasteiger partial charge in [-0.05, 0) is 84.2 Å². The molecule has 1 heterocycles. The Labute approximate surface area is 323 Å². The van der Waals surface area contributed by atoms with Gasteiger partial charge in [0.1, 0.15) is 12.4 Å². The average molecular weight is 770 g/mol. The van der Waals surface area contributed by atoms with Gasteiger partial charge in [0.15, 0.2) is 16.6 Å². The lowest BCUT2D eigenvalue weighted by Crippen LogP contribution is -2.54. The van der Waals surface area contributed by atoms with Gasteiger partial charge in [-0.15, -0.1) is 0 Å². The number of hydrogen-bond donors (Lipinski definition) is 0. The Morgan fingerprint density at radius 1 is 0.849 bits per heavy atom. The molecule has 0 radical (unpaired) electrons. The van der Waals surface area contributed by atoms with E-state index >= 15 is 0 Å². The lowest BCUT2D eigenvalue weighted by atomic mass is 9.80. The molecule has 0 spiro atoms. The molecule has 1 fully saturated rings. The Kier molecular flexibility index (Phi) is 15.6. The van der Waals surface area contributed by atoms with Crippen LogP contribution in [0.1, 0.15) is 86.8 Å². The number of carbonyl (C=O) groups excluding carboxylic acids is 2. The van der Waals surface area contributed by atoms with Crippen molar-refractivity contribution in [3.05, 3.63) is 65.7 Å². The summed E-state index contributed by atoms with van der Waals surface area (Å²) in [4.78, 5) is 29.2. The van der Waals surface area contributed by atoms with Crippen molar-refractivity contribution in [3.63, 3.8) is 0 Å². The molecule has 0 aliphatic carbocycles. The van der Waals surface area contributed by atoms with E-state index in [0.29, 0.717) is 25.6 Å². The maximum Gasteiger partial charge on any atom is 0.416 e. The second kappa shape index (κ2) is 18.4. The highest BCUT2D eigenvalue weighted by Gasteiger charge is 2.48. The molecule has 0 bridgehead atoms. The van der Waals surface area contributed by atoms with E-state index in [1.807, 2.05) is 61.5 Å². The summed E-state index contributed by atoms with van der Waals surface area (Å²) in [6.07, 6.45) is 0.0874. The number of nitrogens with zero attached hydrogens (tertiary/aromatic N) is 1. The minimum atomic E-state index is -2.41. The molecule has 3 rings (SSSR count). The van der Waals surface area contributed by atoms with Gasteiger partial charge in [0.25, 0.3) is 0 Å². The molecule has 2 aromatic carbocycles. The molecule has 1 aliphatic rings. The first-order valence-electron chi connectivity index (χ1n) is 19.6. The zero-order valence-corrected chi connectivity index (χ0v) is 37.6. The summed E-state index contributed by atoms with van der Waals surface area (Å²) in [6, 6.07) is 17.5. The Balaban J connectivity index is 1.98. The predicted octanol–water partition coefficient (Wildman–Crippen LogP) is 10.5. The number of hydrogen-bond acceptors (Lipinski definition) is 7. The molecule has 298 valence electrons. The zero-order chi connectivity index (χ0) is 39.9. The molecule has 8 nitrogen and oxygen atoms in total. The third-order valence-electron chi connectivity index (χ3n) is 12.1. The molecule has 0 aromatic heterocycles. The van der Waals surface area contributed by atoms with Crippen LogP contribution in [0.15, 0.2) is 54.6 Å². The summed E-state index contributed by atoms with van der Waals surface area (Å²) in [5.41, 5.74) is 2.09. The van der Waals surface area contributed by atoms with Crippen LogP contribution < -0.4 is 4.74 Å². The van der Waals surface area contributed by atoms with Gasteiger partial charge in [0.2, 0.25) is 5.91 Å². The first kappa shape index (κ1) is 44.9. The van der Waals surface area contributed by atoms with Crippen LogP contribution in [0.4, 0.5) is 4.79 Å². The standard InChI is InChI=1S/C43H71NO7Si2/c1-30(27-50-52(12,13)42(5,6)7)25-31(2)38(48-28-35-21-23-37(47-11)24-22-35)32(3)39(51-53(14,15)43(8,9)10)33(4)40(45)44-36(29-49-41(44)46)26-34-19-17-16-18-20-34/h16-24,30-33,36,38-39H,25-29H2,1-15H3/t30-,31+,32-,33-,36-,38+,39+/m1/s1. The van der Waals surface area contributed by atoms with Gasteiger partial charge in [0, 0.05) is 12.5 Å². The third-order valence-corrected chi connectivity index (χ3v) is 21.1. The van der Waals surface area contributed by atoms with Crippen LogP contribution in [0.3, 0.4) is 0 Å². The molecule has 7 atom stereocenters. The highest BCUT2D eigenvalue weighted by molar-refractivity contribution is 6.74. The zero-order valence-electron chi connectivity index (χ0n) is 35.6. The van der Waals surface area contributed by atoms with E-state index in [1.54, 1.807) is 7.11 Å². The van der Waals surface area contributed by atoms with Gasteiger partial charge in [-0.2, -0.15) is 0 Å². The second-order valence-electron chi connectivity index (χ2n) is 18.6. The van der Waals surface area contributed by atoms with Crippen molar-refractivity contribution in [1.82, 2.24) is 4.90 Å². The highest BCUT2D eigenvalue weighted by atomic mass is 28.4. The fourth-order valence-corrected chi connectivity index (χ4v) is 9.23. The summed E-state index contributed by atoms with van der Waals surface area (Å²) >= 11 is 0. The third kappa shape index (κ3) is 12.0. The van der Waals surface area contributed by atoms with Gasteiger partial charge in [-0.25, -0.2) is 9.69 Å². The van der Waals surface area contributed by atoms with Crippen LogP contribution in [-0.2, 0) is 36.1 Å². The Morgan fingerprint density at radius 2 is 1.43 bits per heavy atom. The van der Waals surface area contributed by atoms with E-state index in [0.717, 1.165) is 23.3 Å². The van der Waals surface area contributed by atoms with Crippen molar-refractivity contribution in [2.45, 2.75) is 143 Å². The Morgan fingerprint density at radius 3 is 1.98 bits per heavy atom. The molecule has 2 aromatic rings. The quantitative estimate of drug-likeness (QED) is 0.140. The van der Waals surface area contributed by atoms with Crippen molar-refractivity contribution in [2.75, 3.05) is 20.3 Å². The van der Waals surface area contributed by atoms with E-state index in [-0.39, 0.29) is 46.6 Å². The summed E-state index contributed by atoms with van der Waals surface area (Å²) in [7, 11) is -2.65. The normalized spacial score (nSPS) is 19.3. The summed E-state index contributed by atoms with van der Waals surface area (Å²) < 4.78 is 31.8. The molecule has 2 amide bonds. The van der Waals surface area contributed by atoms with Gasteiger partial charge in [-0.3, -0.25) is 4.79 Å². The summed E-state index contributed by atoms with van der Waals surface area (Å²) in [5.74, 6) is 0.148. The SMILES string of the molecule is COc1ccc(CO[C@H]([C@@H](C)[C@H](O[Si](C)(C)C(C)(C)C)[C@@H](C)C(=O)N2C(=O)OC[C@H]2Cc2ccccc2)[C@@H](C)C[C@@H](C)CO[Si](C)(C)C(C)(C)C)cc1. The van der Waals surface area contributed by atoms with Crippen molar-refractivity contribution < 1.29 is 32.7 Å². The van der Waals surface area contributed by atoms with Crippen LogP contribution in [0, 0.1) is 23.7 Å². The van der Waals surface area contributed by atoms with Crippen LogP contribution >= 0.6 is 0 Å². The first-order chi connectivity index (χ1) is 24.5. The van der Waals surface area contributed by atoms with Crippen molar-refractivity contribution in [1.29, 1.82) is 0 Å². The number of rotatable bonds is 18. The largest absolute Gasteiger partial charge is 0.497 e. The van der Waals surface area contributed by atoms with Crippen molar-refractivity contribution >= 4 is 28.6 Å². The first-order valence-corrected chi connectivity index (χ1v) is 25.4. The van der Waals surface area contributed by atoms with E-state index in [9.17, 15) is 9.59 Å². The fraction of sp³-hybridized carbons (Fsp3) is 0.674. The second-order valence-corrected chi connectivity index (χ2v) is 28.2. The van der Waals surface area contributed by atoms with Crippen molar-refractivity contribution in [3.8, 4) is 5.75 Å². The Hall–Kier alpha value is -2.51. The molecule has 10 heteroatoms. The Bertz CT molecular complexity index is 1450. The summed E-state index contributed by atoms with van der Waals surface area (Å²) in [6.45, 7) is 32.4. The van der Waals surface area contributed by atoms with Gasteiger partial charge in [-0.1, -0.05) is 112 Å². The van der Waals surface area contributed by atoms with Crippen LogP contribution in [0.2, 0.25) is 36.3 Å². The number of carbonyl (C=O) groups is 2. The van der Waals surface area contributed by atoms with Gasteiger partial charge in [0.05, 0.1) is 37.9 Å². The molecule has 0 unspecified atom stereocenters. The molecule has 0 N–H and O–H groups in total. The lowest BCUT2D eigenvalue weighted by molar-refractivity contribution is -0.140. The maximum atomic E-state index is 14.6. The number of ether oxygens (including phenoxy) is 3. The average Bonchev–Trinajstić information content (AvgIpc) is 3.44. The lowest BCUT2D eigenvalue weighted by Gasteiger charge is -2.45. The smallest absolute Gasteiger partial charge is 0.416 e. The van der Waals surface area contributed by atoms with Crippen molar-refractivity contribution in [2.24, 2.45) is 23.7 Å². The molecule has 0 saturated carbocycles. The fourth-order valence-electron chi connectivity index (χ4n) is 6.65. The van der Waals surface area contributed by atoms with Crippen LogP contribution in [0.25, 0.3) is 0 Å². The number of benzene rings is 2. The van der Waals surface area contributed by atoms with E-state index in [2.05, 4.69) is 88.5 Å².